The molecular formula is C16H21NO2. The highest BCUT2D eigenvalue weighted by molar-refractivity contribution is 5.87. The Labute approximate surface area is 114 Å². The van der Waals surface area contributed by atoms with Gasteiger partial charge in [-0.1, -0.05) is 36.9 Å². The Morgan fingerprint density at radius 3 is 2.68 bits per heavy atom. The smallest absolute Gasteiger partial charge is 0.246 e. The van der Waals surface area contributed by atoms with Crippen LogP contribution in [0.2, 0.25) is 0 Å². The van der Waals surface area contributed by atoms with Crippen molar-refractivity contribution in [1.29, 1.82) is 0 Å². The monoisotopic (exact) mass is 259 g/mol. The maximum Gasteiger partial charge on any atom is 0.246 e. The van der Waals surface area contributed by atoms with Crippen LogP contribution in [0.15, 0.2) is 43.0 Å². The van der Waals surface area contributed by atoms with E-state index < -0.39 is 0 Å². The molecule has 1 unspecified atom stereocenters. The summed E-state index contributed by atoms with van der Waals surface area (Å²) in [6.07, 6.45) is 2.24. The third kappa shape index (κ3) is 3.44. The highest BCUT2D eigenvalue weighted by Gasteiger charge is 2.36. The summed E-state index contributed by atoms with van der Waals surface area (Å²) < 4.78 is 5.74. The van der Waals surface area contributed by atoms with Crippen molar-refractivity contribution in [3.05, 3.63) is 48.6 Å². The molecule has 1 heterocycles. The highest BCUT2D eigenvalue weighted by atomic mass is 16.5. The normalized spacial score (nSPS) is 21.1. The van der Waals surface area contributed by atoms with Crippen LogP contribution < -0.4 is 0 Å². The van der Waals surface area contributed by atoms with Gasteiger partial charge < -0.3 is 9.64 Å². The van der Waals surface area contributed by atoms with E-state index in [0.717, 1.165) is 12.0 Å². The van der Waals surface area contributed by atoms with E-state index in [0.29, 0.717) is 13.2 Å². The summed E-state index contributed by atoms with van der Waals surface area (Å²) in [5.41, 5.74) is 0.975. The van der Waals surface area contributed by atoms with Crippen LogP contribution in [0.5, 0.6) is 0 Å². The lowest BCUT2D eigenvalue weighted by Gasteiger charge is -2.27. The molecule has 3 heteroatoms. The fourth-order valence-corrected chi connectivity index (χ4v) is 2.49. The van der Waals surface area contributed by atoms with Gasteiger partial charge in [0, 0.05) is 6.54 Å². The van der Waals surface area contributed by atoms with Crippen LogP contribution in [0.3, 0.4) is 0 Å². The van der Waals surface area contributed by atoms with Crippen LogP contribution in [0, 0.1) is 0 Å². The molecule has 0 saturated carbocycles. The predicted molar refractivity (Wildman–Crippen MR) is 75.6 cm³/mol. The fraction of sp³-hybridized carbons (Fsp3) is 0.438. The first-order valence-corrected chi connectivity index (χ1v) is 6.63. The first-order valence-electron chi connectivity index (χ1n) is 6.63. The molecule has 0 N–H and O–H groups in total. The number of carbonyl (C=O) groups is 1. The third-order valence-corrected chi connectivity index (χ3v) is 3.49. The number of amides is 1. The van der Waals surface area contributed by atoms with Crippen molar-refractivity contribution in [3.8, 4) is 0 Å². The molecule has 1 amide bonds. The van der Waals surface area contributed by atoms with Gasteiger partial charge in [0.25, 0.3) is 0 Å². The molecule has 0 spiro atoms. The number of hydrogen-bond acceptors (Lipinski definition) is 2. The zero-order valence-corrected chi connectivity index (χ0v) is 11.6. The van der Waals surface area contributed by atoms with Crippen molar-refractivity contribution in [3.63, 3.8) is 0 Å². The van der Waals surface area contributed by atoms with Gasteiger partial charge in [-0.2, -0.15) is 0 Å². The zero-order chi connectivity index (χ0) is 13.9. The van der Waals surface area contributed by atoms with E-state index in [-0.39, 0.29) is 17.6 Å². The van der Waals surface area contributed by atoms with Gasteiger partial charge in [0.1, 0.15) is 0 Å². The molecule has 1 saturated heterocycles. The summed E-state index contributed by atoms with van der Waals surface area (Å²) >= 11 is 0. The van der Waals surface area contributed by atoms with Gasteiger partial charge in [0.2, 0.25) is 5.91 Å². The Hall–Kier alpha value is -1.61. The van der Waals surface area contributed by atoms with Crippen LogP contribution in [0.4, 0.5) is 0 Å². The van der Waals surface area contributed by atoms with Crippen molar-refractivity contribution < 1.29 is 9.53 Å². The number of carbonyl (C=O) groups excluding carboxylic acids is 1. The van der Waals surface area contributed by atoms with Gasteiger partial charge in [-0.25, -0.2) is 0 Å². The molecule has 3 nitrogen and oxygen atoms in total. The molecule has 0 aromatic heterocycles. The minimum absolute atomic E-state index is 0.0323. The molecule has 1 aliphatic rings. The molecule has 0 radical (unpaired) electrons. The SMILES string of the molecule is C=CC(=O)N(Cc1ccccc1)C1COC(C)(C)C1. The number of ether oxygens (including phenoxy) is 1. The van der Waals surface area contributed by atoms with Crippen molar-refractivity contribution in [2.45, 2.75) is 38.5 Å². The van der Waals surface area contributed by atoms with E-state index in [9.17, 15) is 4.79 Å². The van der Waals surface area contributed by atoms with Crippen molar-refractivity contribution in [2.75, 3.05) is 6.61 Å². The summed E-state index contributed by atoms with van der Waals surface area (Å²) in [7, 11) is 0. The summed E-state index contributed by atoms with van der Waals surface area (Å²) in [4.78, 5) is 13.9. The lowest BCUT2D eigenvalue weighted by atomic mass is 10.0. The molecule has 0 aliphatic carbocycles. The second kappa shape index (κ2) is 5.57. The maximum atomic E-state index is 12.1. The van der Waals surface area contributed by atoms with Crippen LogP contribution in [0.1, 0.15) is 25.8 Å². The van der Waals surface area contributed by atoms with E-state index in [1.54, 1.807) is 0 Å². The summed E-state index contributed by atoms with van der Waals surface area (Å²) in [6.45, 7) is 8.93. The Bertz CT molecular complexity index is 453. The maximum absolute atomic E-state index is 12.1. The molecule has 1 aliphatic heterocycles. The van der Waals surface area contributed by atoms with Crippen LogP contribution in [-0.4, -0.2) is 29.1 Å². The summed E-state index contributed by atoms with van der Waals surface area (Å²) in [6, 6.07) is 10.1. The molecule has 0 bridgehead atoms. The molecule has 2 rings (SSSR count). The van der Waals surface area contributed by atoms with Gasteiger partial charge in [0.15, 0.2) is 0 Å². The van der Waals surface area contributed by atoms with E-state index in [1.807, 2.05) is 35.2 Å². The Balaban J connectivity index is 2.13. The number of benzene rings is 1. The minimum Gasteiger partial charge on any atom is -0.373 e. The Kier molecular flexibility index (Phi) is 4.05. The molecule has 19 heavy (non-hydrogen) atoms. The average molecular weight is 259 g/mol. The second-order valence-corrected chi connectivity index (χ2v) is 5.58. The number of rotatable bonds is 4. The summed E-state index contributed by atoms with van der Waals surface area (Å²) in [5.74, 6) is -0.0323. The van der Waals surface area contributed by atoms with E-state index >= 15 is 0 Å². The summed E-state index contributed by atoms with van der Waals surface area (Å²) in [5, 5.41) is 0. The van der Waals surface area contributed by atoms with Gasteiger partial charge in [-0.05, 0) is 31.9 Å². The quantitative estimate of drug-likeness (QED) is 0.778. The lowest BCUT2D eigenvalue weighted by molar-refractivity contribution is -0.129. The molecule has 1 aromatic carbocycles. The van der Waals surface area contributed by atoms with Crippen molar-refractivity contribution in [1.82, 2.24) is 4.90 Å². The Morgan fingerprint density at radius 1 is 1.47 bits per heavy atom. The van der Waals surface area contributed by atoms with Gasteiger partial charge in [-0.15, -0.1) is 0 Å². The van der Waals surface area contributed by atoms with E-state index in [1.165, 1.54) is 6.08 Å². The van der Waals surface area contributed by atoms with Crippen LogP contribution >= 0.6 is 0 Å². The number of nitrogens with zero attached hydrogens (tertiary/aromatic N) is 1. The first kappa shape index (κ1) is 13.8. The fourth-order valence-electron chi connectivity index (χ4n) is 2.49. The Morgan fingerprint density at radius 2 is 2.16 bits per heavy atom. The predicted octanol–water partition coefficient (Wildman–Crippen LogP) is 2.77. The lowest BCUT2D eigenvalue weighted by Crippen LogP contribution is -2.39. The van der Waals surface area contributed by atoms with Crippen molar-refractivity contribution in [2.24, 2.45) is 0 Å². The standard InChI is InChI=1S/C16H21NO2/c1-4-15(18)17(11-13-8-6-5-7-9-13)14-10-16(2,3)19-12-14/h4-9,14H,1,10-12H2,2-3H3. The second-order valence-electron chi connectivity index (χ2n) is 5.58. The van der Waals surface area contributed by atoms with Crippen LogP contribution in [-0.2, 0) is 16.1 Å². The minimum atomic E-state index is -0.152. The number of hydrogen-bond donors (Lipinski definition) is 0. The third-order valence-electron chi connectivity index (χ3n) is 3.49. The van der Waals surface area contributed by atoms with Crippen molar-refractivity contribution >= 4 is 5.91 Å². The van der Waals surface area contributed by atoms with Gasteiger partial charge in [0.05, 0.1) is 18.2 Å². The molecule has 1 fully saturated rings. The molecule has 1 atom stereocenters. The topological polar surface area (TPSA) is 29.5 Å². The van der Waals surface area contributed by atoms with Crippen LogP contribution in [0.25, 0.3) is 0 Å². The van der Waals surface area contributed by atoms with Gasteiger partial charge >= 0.3 is 0 Å². The highest BCUT2D eigenvalue weighted by Crippen LogP contribution is 2.29. The molecular weight excluding hydrogens is 238 g/mol. The van der Waals surface area contributed by atoms with E-state index in [2.05, 4.69) is 20.4 Å². The van der Waals surface area contributed by atoms with E-state index in [4.69, 9.17) is 4.74 Å². The zero-order valence-electron chi connectivity index (χ0n) is 11.6. The molecule has 102 valence electrons. The largest absolute Gasteiger partial charge is 0.373 e. The first-order chi connectivity index (χ1) is 9.02. The van der Waals surface area contributed by atoms with Gasteiger partial charge in [-0.3, -0.25) is 4.79 Å². The molecule has 1 aromatic rings. The average Bonchev–Trinajstić information content (AvgIpc) is 2.76.